The number of nitrogens with zero attached hydrogens (tertiary/aromatic N) is 1. The summed E-state index contributed by atoms with van der Waals surface area (Å²) >= 11 is 0. The van der Waals surface area contributed by atoms with Crippen molar-refractivity contribution < 1.29 is 0 Å². The average molecular weight is 267 g/mol. The Balaban J connectivity index is 2.41. The van der Waals surface area contributed by atoms with Gasteiger partial charge in [-0.05, 0) is 31.4 Å². The Labute approximate surface area is 120 Å². The third kappa shape index (κ3) is 2.70. The van der Waals surface area contributed by atoms with Crippen LogP contribution in [0.15, 0.2) is 24.3 Å². The Kier molecular flexibility index (Phi) is 4.47. The maximum Gasteiger partial charge on any atom is 0.122 e. The van der Waals surface area contributed by atoms with Crippen LogP contribution in [-0.4, -0.2) is 11.5 Å². The molecule has 0 aliphatic carbocycles. The van der Waals surface area contributed by atoms with E-state index in [2.05, 4.69) is 42.4 Å². The number of rotatable bonds is 5. The van der Waals surface area contributed by atoms with E-state index in [1.54, 1.807) is 0 Å². The van der Waals surface area contributed by atoms with Gasteiger partial charge in [0, 0.05) is 12.1 Å². The molecular weight excluding hydrogens is 246 g/mol. The van der Waals surface area contributed by atoms with E-state index >= 15 is 0 Å². The van der Waals surface area contributed by atoms with Crippen molar-refractivity contribution in [2.75, 3.05) is 11.9 Å². The van der Waals surface area contributed by atoms with Crippen molar-refractivity contribution in [3.05, 3.63) is 41.0 Å². The molecule has 1 aromatic carbocycles. The SMILES string of the molecule is CCCCNc1[nH]c(-c2ccccc2C)c(C)c1C#N. The maximum absolute atomic E-state index is 9.38. The van der Waals surface area contributed by atoms with Gasteiger partial charge < -0.3 is 10.3 Å². The number of hydrogen-bond acceptors (Lipinski definition) is 2. The Morgan fingerprint density at radius 3 is 2.65 bits per heavy atom. The number of aromatic amines is 1. The van der Waals surface area contributed by atoms with E-state index in [1.807, 2.05) is 19.1 Å². The molecule has 104 valence electrons. The summed E-state index contributed by atoms with van der Waals surface area (Å²) in [5, 5.41) is 12.7. The van der Waals surface area contributed by atoms with Crippen LogP contribution in [-0.2, 0) is 0 Å². The number of H-pyrrole nitrogens is 1. The Morgan fingerprint density at radius 1 is 1.25 bits per heavy atom. The molecule has 0 saturated carbocycles. The standard InChI is InChI=1S/C17H21N3/c1-4-5-10-19-17-15(11-18)13(3)16(20-17)14-9-7-6-8-12(14)2/h6-9,19-20H,4-5,10H2,1-3H3. The first-order valence-electron chi connectivity index (χ1n) is 7.11. The van der Waals surface area contributed by atoms with Crippen LogP contribution in [0.1, 0.15) is 36.5 Å². The number of aryl methyl sites for hydroxylation is 1. The molecule has 0 unspecified atom stereocenters. The predicted octanol–water partition coefficient (Wildman–Crippen LogP) is 4.38. The van der Waals surface area contributed by atoms with Crippen LogP contribution in [0.5, 0.6) is 0 Å². The Hall–Kier alpha value is -2.21. The highest BCUT2D eigenvalue weighted by molar-refractivity contribution is 5.75. The van der Waals surface area contributed by atoms with Crippen molar-refractivity contribution in [2.45, 2.75) is 33.6 Å². The molecule has 0 aliphatic heterocycles. The second-order valence-electron chi connectivity index (χ2n) is 5.08. The number of unbranched alkanes of at least 4 members (excludes halogenated alkanes) is 1. The summed E-state index contributed by atoms with van der Waals surface area (Å²) in [4.78, 5) is 3.38. The molecular formula is C17H21N3. The van der Waals surface area contributed by atoms with Crippen LogP contribution in [0.2, 0.25) is 0 Å². The molecule has 1 heterocycles. The molecule has 0 atom stereocenters. The second kappa shape index (κ2) is 6.29. The van der Waals surface area contributed by atoms with Gasteiger partial charge in [-0.3, -0.25) is 0 Å². The highest BCUT2D eigenvalue weighted by Crippen LogP contribution is 2.31. The number of nitriles is 1. The molecule has 0 fully saturated rings. The summed E-state index contributed by atoms with van der Waals surface area (Å²) in [6.45, 7) is 7.14. The summed E-state index contributed by atoms with van der Waals surface area (Å²) in [5.41, 5.74) is 5.14. The minimum absolute atomic E-state index is 0.722. The zero-order valence-electron chi connectivity index (χ0n) is 12.4. The molecule has 2 N–H and O–H groups in total. The summed E-state index contributed by atoms with van der Waals surface area (Å²) in [7, 11) is 0. The van der Waals surface area contributed by atoms with Gasteiger partial charge in [-0.1, -0.05) is 37.6 Å². The van der Waals surface area contributed by atoms with Gasteiger partial charge in [-0.2, -0.15) is 5.26 Å². The van der Waals surface area contributed by atoms with Gasteiger partial charge in [0.15, 0.2) is 0 Å². The lowest BCUT2D eigenvalue weighted by molar-refractivity contribution is 0.831. The largest absolute Gasteiger partial charge is 0.371 e. The molecule has 3 nitrogen and oxygen atoms in total. The van der Waals surface area contributed by atoms with E-state index in [4.69, 9.17) is 0 Å². The monoisotopic (exact) mass is 267 g/mol. The Bertz CT molecular complexity index is 632. The van der Waals surface area contributed by atoms with Crippen molar-refractivity contribution in [2.24, 2.45) is 0 Å². The van der Waals surface area contributed by atoms with E-state index in [0.29, 0.717) is 0 Å². The lowest BCUT2D eigenvalue weighted by atomic mass is 10.0. The summed E-state index contributed by atoms with van der Waals surface area (Å²) in [6, 6.07) is 10.5. The van der Waals surface area contributed by atoms with E-state index in [-0.39, 0.29) is 0 Å². The lowest BCUT2D eigenvalue weighted by Crippen LogP contribution is -2.02. The first-order valence-corrected chi connectivity index (χ1v) is 7.11. The maximum atomic E-state index is 9.38. The Morgan fingerprint density at radius 2 is 2.00 bits per heavy atom. The van der Waals surface area contributed by atoms with Crippen molar-refractivity contribution in [3.63, 3.8) is 0 Å². The number of nitrogens with one attached hydrogen (secondary N) is 2. The summed E-state index contributed by atoms with van der Waals surface area (Å²) in [5.74, 6) is 0.844. The molecule has 0 bridgehead atoms. The second-order valence-corrected chi connectivity index (χ2v) is 5.08. The third-order valence-electron chi connectivity index (χ3n) is 3.61. The molecule has 0 amide bonds. The summed E-state index contributed by atoms with van der Waals surface area (Å²) in [6.07, 6.45) is 2.24. The minimum atomic E-state index is 0.722. The van der Waals surface area contributed by atoms with Gasteiger partial charge in [0.05, 0.1) is 11.3 Å². The summed E-state index contributed by atoms with van der Waals surface area (Å²) < 4.78 is 0. The van der Waals surface area contributed by atoms with Crippen molar-refractivity contribution >= 4 is 5.82 Å². The molecule has 2 aromatic rings. The van der Waals surface area contributed by atoms with E-state index in [9.17, 15) is 5.26 Å². The highest BCUT2D eigenvalue weighted by atomic mass is 15.0. The molecule has 0 radical (unpaired) electrons. The molecule has 0 aliphatic rings. The van der Waals surface area contributed by atoms with Gasteiger partial charge in [-0.15, -0.1) is 0 Å². The smallest absolute Gasteiger partial charge is 0.122 e. The van der Waals surface area contributed by atoms with Gasteiger partial charge in [0.2, 0.25) is 0 Å². The topological polar surface area (TPSA) is 51.6 Å². The first kappa shape index (κ1) is 14.2. The van der Waals surface area contributed by atoms with E-state index < -0.39 is 0 Å². The minimum Gasteiger partial charge on any atom is -0.371 e. The number of anilines is 1. The quantitative estimate of drug-likeness (QED) is 0.790. The molecule has 1 aromatic heterocycles. The first-order chi connectivity index (χ1) is 9.69. The van der Waals surface area contributed by atoms with Gasteiger partial charge >= 0.3 is 0 Å². The van der Waals surface area contributed by atoms with Crippen LogP contribution >= 0.6 is 0 Å². The van der Waals surface area contributed by atoms with E-state index in [0.717, 1.165) is 47.6 Å². The van der Waals surface area contributed by atoms with E-state index in [1.165, 1.54) is 5.56 Å². The van der Waals surface area contributed by atoms with Crippen LogP contribution in [0.3, 0.4) is 0 Å². The fourth-order valence-electron chi connectivity index (χ4n) is 2.38. The molecule has 20 heavy (non-hydrogen) atoms. The number of aromatic nitrogens is 1. The van der Waals surface area contributed by atoms with Crippen LogP contribution in [0, 0.1) is 25.2 Å². The van der Waals surface area contributed by atoms with Crippen molar-refractivity contribution in [3.8, 4) is 17.3 Å². The fraction of sp³-hybridized carbons (Fsp3) is 0.353. The van der Waals surface area contributed by atoms with Gasteiger partial charge in [0.1, 0.15) is 11.9 Å². The fourth-order valence-corrected chi connectivity index (χ4v) is 2.38. The number of benzene rings is 1. The molecule has 0 spiro atoms. The van der Waals surface area contributed by atoms with Gasteiger partial charge in [0.25, 0.3) is 0 Å². The van der Waals surface area contributed by atoms with Crippen molar-refractivity contribution in [1.29, 1.82) is 5.26 Å². The van der Waals surface area contributed by atoms with Crippen LogP contribution < -0.4 is 5.32 Å². The van der Waals surface area contributed by atoms with Crippen LogP contribution in [0.25, 0.3) is 11.3 Å². The average Bonchev–Trinajstić information content (AvgIpc) is 2.76. The van der Waals surface area contributed by atoms with Crippen LogP contribution in [0.4, 0.5) is 5.82 Å². The predicted molar refractivity (Wildman–Crippen MR) is 83.8 cm³/mol. The zero-order chi connectivity index (χ0) is 14.5. The zero-order valence-corrected chi connectivity index (χ0v) is 12.4. The highest BCUT2D eigenvalue weighted by Gasteiger charge is 2.15. The number of hydrogen-bond donors (Lipinski definition) is 2. The molecule has 2 rings (SSSR count). The third-order valence-corrected chi connectivity index (χ3v) is 3.61. The molecule has 3 heteroatoms. The molecule has 0 saturated heterocycles. The van der Waals surface area contributed by atoms with Gasteiger partial charge in [-0.25, -0.2) is 0 Å². The van der Waals surface area contributed by atoms with Crippen molar-refractivity contribution in [1.82, 2.24) is 4.98 Å². The lowest BCUT2D eigenvalue weighted by Gasteiger charge is -2.05. The normalized spacial score (nSPS) is 10.3.